The highest BCUT2D eigenvalue weighted by molar-refractivity contribution is 6.14. The molecule has 0 bridgehead atoms. The fourth-order valence-corrected chi connectivity index (χ4v) is 2.64. The molecule has 0 saturated heterocycles. The number of carbonyl (C=O) groups is 1. The van der Waals surface area contributed by atoms with Crippen LogP contribution in [0.25, 0.3) is 0 Å². The zero-order chi connectivity index (χ0) is 22.8. The van der Waals surface area contributed by atoms with Crippen molar-refractivity contribution in [3.63, 3.8) is 0 Å². The highest BCUT2D eigenvalue weighted by Crippen LogP contribution is 2.19. The number of benzene rings is 1. The van der Waals surface area contributed by atoms with E-state index in [0.717, 1.165) is 18.5 Å². The molecule has 1 amide bonds. The number of anilines is 2. The molecule has 0 saturated carbocycles. The maximum absolute atomic E-state index is 13.7. The van der Waals surface area contributed by atoms with Gasteiger partial charge in [0.2, 0.25) is 0 Å². The molecule has 164 valence electrons. The third-order valence-corrected chi connectivity index (χ3v) is 4.52. The molecular weight excluding hydrogens is 404 g/mol. The Morgan fingerprint density at radius 2 is 2.03 bits per heavy atom. The zero-order valence-electron chi connectivity index (χ0n) is 17.3. The minimum atomic E-state index is -0.555. The summed E-state index contributed by atoms with van der Waals surface area (Å²) in [6, 6.07) is 6.55. The van der Waals surface area contributed by atoms with Crippen molar-refractivity contribution in [3.05, 3.63) is 53.7 Å². The largest absolute Gasteiger partial charge is 0.369 e. The lowest BCUT2D eigenvalue weighted by molar-refractivity contribution is 0.0799. The molecule has 1 heterocycles. The average molecular weight is 429 g/mol. The lowest BCUT2D eigenvalue weighted by Crippen LogP contribution is -2.31. The van der Waals surface area contributed by atoms with Gasteiger partial charge >= 0.3 is 0 Å². The van der Waals surface area contributed by atoms with Gasteiger partial charge < -0.3 is 21.0 Å². The standard InChI is InChI=1S/C21H25F2N7O/c1-14(12-26-20-6-4-16(23)13-27-20)18(25)7-10-30(2)21(31)17-11-15(22)3-5-19(17)29-28-9-8-24/h3-6,8-9,11,13-14,24-25,29H,7,10,12H2,1-2H3,(H,26,27)/b24-8?,25-18?,28-9-. The number of nitrogens with zero attached hydrogens (tertiary/aromatic N) is 3. The Balaban J connectivity index is 1.91. The van der Waals surface area contributed by atoms with Gasteiger partial charge in [0, 0.05) is 44.4 Å². The number of nitrogens with one attached hydrogen (secondary N) is 4. The van der Waals surface area contributed by atoms with E-state index in [1.54, 1.807) is 7.05 Å². The monoisotopic (exact) mass is 429 g/mol. The molecular formula is C21H25F2N7O. The number of aromatic nitrogens is 1. The Bertz CT molecular complexity index is 947. The van der Waals surface area contributed by atoms with Crippen LogP contribution in [-0.2, 0) is 0 Å². The number of pyridine rings is 1. The first-order valence-corrected chi connectivity index (χ1v) is 9.57. The molecule has 8 nitrogen and oxygen atoms in total. The van der Waals surface area contributed by atoms with Crippen LogP contribution in [0.3, 0.4) is 0 Å². The van der Waals surface area contributed by atoms with Crippen molar-refractivity contribution in [2.24, 2.45) is 11.0 Å². The van der Waals surface area contributed by atoms with Crippen molar-refractivity contribution in [2.75, 3.05) is 30.9 Å². The van der Waals surface area contributed by atoms with E-state index in [2.05, 4.69) is 20.8 Å². The van der Waals surface area contributed by atoms with E-state index in [-0.39, 0.29) is 18.0 Å². The van der Waals surface area contributed by atoms with Crippen molar-refractivity contribution in [3.8, 4) is 0 Å². The molecule has 0 aliphatic rings. The highest BCUT2D eigenvalue weighted by atomic mass is 19.1. The van der Waals surface area contributed by atoms with Crippen LogP contribution in [-0.4, -0.2) is 54.1 Å². The van der Waals surface area contributed by atoms with Gasteiger partial charge in [-0.3, -0.25) is 10.2 Å². The van der Waals surface area contributed by atoms with Crippen LogP contribution in [0, 0.1) is 28.4 Å². The molecule has 2 rings (SSSR count). The van der Waals surface area contributed by atoms with Gasteiger partial charge in [-0.2, -0.15) is 5.10 Å². The fraction of sp³-hybridized carbons (Fsp3) is 0.286. The SMILES string of the molecule is CC(CNc1ccc(F)cn1)C(=N)CCN(C)C(=O)c1cc(F)ccc1N/N=C\C=N. The number of rotatable bonds is 11. The molecule has 0 radical (unpaired) electrons. The summed E-state index contributed by atoms with van der Waals surface area (Å²) in [5, 5.41) is 22.0. The van der Waals surface area contributed by atoms with Gasteiger partial charge in [-0.25, -0.2) is 13.8 Å². The normalized spacial score (nSPS) is 11.7. The van der Waals surface area contributed by atoms with Gasteiger partial charge in [0.25, 0.3) is 5.91 Å². The Kier molecular flexibility index (Phi) is 8.74. The summed E-state index contributed by atoms with van der Waals surface area (Å²) in [4.78, 5) is 18.1. The zero-order valence-corrected chi connectivity index (χ0v) is 17.3. The topological polar surface area (TPSA) is 117 Å². The second-order valence-corrected chi connectivity index (χ2v) is 6.89. The van der Waals surface area contributed by atoms with Crippen LogP contribution >= 0.6 is 0 Å². The summed E-state index contributed by atoms with van der Waals surface area (Å²) < 4.78 is 26.6. The Morgan fingerprint density at radius 3 is 2.71 bits per heavy atom. The molecule has 10 heteroatoms. The van der Waals surface area contributed by atoms with E-state index >= 15 is 0 Å². The number of hydrogen-bond donors (Lipinski definition) is 4. The Labute approximate surface area is 179 Å². The number of hydrazone groups is 1. The minimum absolute atomic E-state index is 0.105. The van der Waals surface area contributed by atoms with Gasteiger partial charge in [-0.15, -0.1) is 0 Å². The molecule has 1 atom stereocenters. The van der Waals surface area contributed by atoms with Crippen molar-refractivity contribution >= 4 is 35.6 Å². The number of carbonyl (C=O) groups excluding carboxylic acids is 1. The van der Waals surface area contributed by atoms with Gasteiger partial charge in [-0.05, 0) is 30.3 Å². The second kappa shape index (κ2) is 11.5. The molecule has 0 aliphatic carbocycles. The molecule has 31 heavy (non-hydrogen) atoms. The first kappa shape index (κ1) is 23.6. The van der Waals surface area contributed by atoms with E-state index in [1.165, 1.54) is 35.4 Å². The lowest BCUT2D eigenvalue weighted by Gasteiger charge is -2.21. The molecule has 2 aromatic rings. The van der Waals surface area contributed by atoms with E-state index in [4.69, 9.17) is 10.8 Å². The molecule has 4 N–H and O–H groups in total. The molecule has 0 aliphatic heterocycles. The molecule has 0 spiro atoms. The number of amides is 1. The first-order valence-electron chi connectivity index (χ1n) is 9.57. The molecule has 1 aromatic heterocycles. The van der Waals surface area contributed by atoms with E-state index in [0.29, 0.717) is 30.2 Å². The molecule has 0 fully saturated rings. The van der Waals surface area contributed by atoms with Crippen molar-refractivity contribution in [1.82, 2.24) is 9.88 Å². The van der Waals surface area contributed by atoms with Crippen LogP contribution in [0.1, 0.15) is 23.7 Å². The Morgan fingerprint density at radius 1 is 1.29 bits per heavy atom. The summed E-state index contributed by atoms with van der Waals surface area (Å²) in [6.07, 6.45) is 3.62. The van der Waals surface area contributed by atoms with Gasteiger partial charge in [-0.1, -0.05) is 6.92 Å². The maximum atomic E-state index is 13.7. The summed E-state index contributed by atoms with van der Waals surface area (Å²) in [7, 11) is 1.58. The average Bonchev–Trinajstić information content (AvgIpc) is 2.77. The Hall–Kier alpha value is -3.69. The number of hydrogen-bond acceptors (Lipinski definition) is 7. The smallest absolute Gasteiger partial charge is 0.255 e. The predicted octanol–water partition coefficient (Wildman–Crippen LogP) is 3.64. The van der Waals surface area contributed by atoms with Crippen LogP contribution in [0.5, 0.6) is 0 Å². The summed E-state index contributed by atoms with van der Waals surface area (Å²) in [5.74, 6) is -0.999. The lowest BCUT2D eigenvalue weighted by atomic mass is 10.0. The number of halogens is 2. The summed E-state index contributed by atoms with van der Waals surface area (Å²) in [6.45, 7) is 2.59. The molecule has 1 aromatic carbocycles. The summed E-state index contributed by atoms with van der Waals surface area (Å²) >= 11 is 0. The van der Waals surface area contributed by atoms with Crippen LogP contribution in [0.4, 0.5) is 20.3 Å². The highest BCUT2D eigenvalue weighted by Gasteiger charge is 2.18. The maximum Gasteiger partial charge on any atom is 0.255 e. The van der Waals surface area contributed by atoms with Gasteiger partial charge in [0.05, 0.1) is 23.7 Å². The summed E-state index contributed by atoms with van der Waals surface area (Å²) in [5.41, 5.74) is 3.47. The van der Waals surface area contributed by atoms with E-state index in [9.17, 15) is 13.6 Å². The van der Waals surface area contributed by atoms with Crippen LogP contribution < -0.4 is 10.7 Å². The third-order valence-electron chi connectivity index (χ3n) is 4.52. The quantitative estimate of drug-likeness (QED) is 0.322. The third kappa shape index (κ3) is 7.25. The van der Waals surface area contributed by atoms with Gasteiger partial charge in [0.15, 0.2) is 0 Å². The minimum Gasteiger partial charge on any atom is -0.369 e. The van der Waals surface area contributed by atoms with Crippen molar-refractivity contribution < 1.29 is 13.6 Å². The van der Waals surface area contributed by atoms with Crippen LogP contribution in [0.15, 0.2) is 41.6 Å². The van der Waals surface area contributed by atoms with Gasteiger partial charge in [0.1, 0.15) is 17.5 Å². The second-order valence-electron chi connectivity index (χ2n) is 6.89. The predicted molar refractivity (Wildman–Crippen MR) is 118 cm³/mol. The van der Waals surface area contributed by atoms with E-state index in [1.807, 2.05) is 6.92 Å². The fourth-order valence-electron chi connectivity index (χ4n) is 2.64. The first-order chi connectivity index (χ1) is 14.8. The van der Waals surface area contributed by atoms with Crippen LogP contribution in [0.2, 0.25) is 0 Å². The van der Waals surface area contributed by atoms with Crippen molar-refractivity contribution in [1.29, 1.82) is 10.8 Å². The van der Waals surface area contributed by atoms with E-state index < -0.39 is 17.5 Å². The molecule has 1 unspecified atom stereocenters. The van der Waals surface area contributed by atoms with Crippen molar-refractivity contribution in [2.45, 2.75) is 13.3 Å².